The largest absolute Gasteiger partial charge is 0.347 e. The maximum absolute atomic E-state index is 5.84. The molecule has 2 N–H and O–H groups in total. The van der Waals surface area contributed by atoms with Gasteiger partial charge in [-0.2, -0.15) is 0 Å². The predicted molar refractivity (Wildman–Crippen MR) is 72.9 cm³/mol. The predicted octanol–water partition coefficient (Wildman–Crippen LogP) is 2.18. The summed E-state index contributed by atoms with van der Waals surface area (Å²) >= 11 is 0. The number of benzene rings is 1. The van der Waals surface area contributed by atoms with E-state index in [0.717, 1.165) is 13.1 Å². The van der Waals surface area contributed by atoms with Crippen molar-refractivity contribution in [3.8, 4) is 0 Å². The van der Waals surface area contributed by atoms with Crippen LogP contribution < -0.4 is 5.73 Å². The molecule has 0 aliphatic carbocycles. The van der Waals surface area contributed by atoms with Crippen molar-refractivity contribution in [1.29, 1.82) is 0 Å². The van der Waals surface area contributed by atoms with Gasteiger partial charge >= 0.3 is 0 Å². The highest BCUT2D eigenvalue weighted by Gasteiger charge is 2.11. The molecule has 0 aliphatic heterocycles. The van der Waals surface area contributed by atoms with Crippen LogP contribution in [0.1, 0.15) is 18.1 Å². The summed E-state index contributed by atoms with van der Waals surface area (Å²) in [4.78, 5) is 2.20. The molecule has 0 fully saturated rings. The van der Waals surface area contributed by atoms with Crippen LogP contribution in [0.3, 0.4) is 0 Å². The number of nitrogens with two attached hydrogens (primary N) is 1. The quantitative estimate of drug-likeness (QED) is 0.875. The Morgan fingerprint density at radius 2 is 2.00 bits per heavy atom. The molecule has 0 aliphatic rings. The van der Waals surface area contributed by atoms with Crippen molar-refractivity contribution in [3.05, 3.63) is 35.5 Å². The molecule has 0 saturated carbocycles. The lowest BCUT2D eigenvalue weighted by molar-refractivity contribution is 0.403. The first-order chi connectivity index (χ1) is 8.17. The molecule has 92 valence electrons. The molecule has 1 aromatic carbocycles. The molecule has 0 radical (unpaired) electrons. The average molecular weight is 231 g/mol. The van der Waals surface area contributed by atoms with E-state index in [0.29, 0.717) is 6.54 Å². The molecule has 3 heteroatoms. The Labute approximate surface area is 103 Å². The Morgan fingerprint density at radius 3 is 2.59 bits per heavy atom. The maximum atomic E-state index is 5.84. The van der Waals surface area contributed by atoms with Crippen LogP contribution in [-0.2, 0) is 19.6 Å². The molecule has 0 amide bonds. The highest BCUT2D eigenvalue weighted by atomic mass is 15.1. The van der Waals surface area contributed by atoms with Gasteiger partial charge in [0, 0.05) is 36.7 Å². The van der Waals surface area contributed by atoms with E-state index < -0.39 is 0 Å². The summed E-state index contributed by atoms with van der Waals surface area (Å²) in [7, 11) is 4.19. The number of hydrogen-bond donors (Lipinski definition) is 1. The van der Waals surface area contributed by atoms with Gasteiger partial charge in [0.25, 0.3) is 0 Å². The second kappa shape index (κ2) is 4.90. The van der Waals surface area contributed by atoms with Crippen LogP contribution in [0.4, 0.5) is 0 Å². The third kappa shape index (κ3) is 2.21. The Morgan fingerprint density at radius 1 is 1.24 bits per heavy atom. The molecule has 1 heterocycles. The van der Waals surface area contributed by atoms with Gasteiger partial charge in [-0.25, -0.2) is 0 Å². The SMILES string of the molecule is CCn1cc(CN(C)C)c2c(CN)cccc21. The summed E-state index contributed by atoms with van der Waals surface area (Å²) in [6.07, 6.45) is 2.25. The van der Waals surface area contributed by atoms with Crippen molar-refractivity contribution in [1.82, 2.24) is 9.47 Å². The highest BCUT2D eigenvalue weighted by molar-refractivity contribution is 5.87. The van der Waals surface area contributed by atoms with E-state index in [9.17, 15) is 0 Å². The minimum absolute atomic E-state index is 0.603. The van der Waals surface area contributed by atoms with Gasteiger partial charge in [-0.1, -0.05) is 12.1 Å². The first-order valence-corrected chi connectivity index (χ1v) is 6.11. The Balaban J connectivity index is 2.65. The van der Waals surface area contributed by atoms with Crippen LogP contribution in [0, 0.1) is 0 Å². The maximum Gasteiger partial charge on any atom is 0.0486 e. The van der Waals surface area contributed by atoms with Gasteiger partial charge in [0.05, 0.1) is 0 Å². The smallest absolute Gasteiger partial charge is 0.0486 e. The number of nitrogens with zero attached hydrogens (tertiary/aromatic N) is 2. The third-order valence-corrected chi connectivity index (χ3v) is 3.12. The zero-order chi connectivity index (χ0) is 12.4. The van der Waals surface area contributed by atoms with E-state index in [-0.39, 0.29) is 0 Å². The molecular weight excluding hydrogens is 210 g/mol. The molecular formula is C14H21N3. The molecule has 1 aromatic heterocycles. The van der Waals surface area contributed by atoms with Crippen molar-refractivity contribution < 1.29 is 0 Å². The number of hydrogen-bond acceptors (Lipinski definition) is 2. The Bertz CT molecular complexity index is 511. The van der Waals surface area contributed by atoms with Crippen LogP contribution in [0.25, 0.3) is 10.9 Å². The van der Waals surface area contributed by atoms with E-state index in [2.05, 4.69) is 54.9 Å². The lowest BCUT2D eigenvalue weighted by atomic mass is 10.1. The molecule has 0 saturated heterocycles. The van der Waals surface area contributed by atoms with Crippen molar-refractivity contribution in [2.45, 2.75) is 26.6 Å². The molecule has 0 unspecified atom stereocenters. The lowest BCUT2D eigenvalue weighted by Crippen LogP contribution is -2.10. The zero-order valence-electron chi connectivity index (χ0n) is 10.9. The monoisotopic (exact) mass is 231 g/mol. The van der Waals surface area contributed by atoms with E-state index >= 15 is 0 Å². The zero-order valence-corrected chi connectivity index (χ0v) is 10.9. The van der Waals surface area contributed by atoms with Crippen molar-refractivity contribution in [3.63, 3.8) is 0 Å². The summed E-state index contributed by atoms with van der Waals surface area (Å²) < 4.78 is 2.30. The van der Waals surface area contributed by atoms with E-state index in [1.54, 1.807) is 0 Å². The minimum Gasteiger partial charge on any atom is -0.347 e. The lowest BCUT2D eigenvalue weighted by Gasteiger charge is -2.09. The van der Waals surface area contributed by atoms with Gasteiger partial charge in [-0.15, -0.1) is 0 Å². The van der Waals surface area contributed by atoms with E-state index in [1.165, 1.54) is 22.0 Å². The summed E-state index contributed by atoms with van der Waals surface area (Å²) in [6.45, 7) is 4.73. The third-order valence-electron chi connectivity index (χ3n) is 3.12. The second-order valence-corrected chi connectivity index (χ2v) is 4.69. The molecule has 0 bridgehead atoms. The average Bonchev–Trinajstić information content (AvgIpc) is 2.66. The van der Waals surface area contributed by atoms with Gasteiger partial charge in [0.2, 0.25) is 0 Å². The van der Waals surface area contributed by atoms with E-state index in [1.807, 2.05) is 0 Å². The molecule has 2 rings (SSSR count). The molecule has 17 heavy (non-hydrogen) atoms. The standard InChI is InChI=1S/C14H21N3/c1-4-17-10-12(9-16(2)3)14-11(8-15)6-5-7-13(14)17/h5-7,10H,4,8-9,15H2,1-3H3. The minimum atomic E-state index is 0.603. The fourth-order valence-electron chi connectivity index (χ4n) is 2.41. The van der Waals surface area contributed by atoms with Crippen molar-refractivity contribution in [2.24, 2.45) is 5.73 Å². The topological polar surface area (TPSA) is 34.2 Å². The number of aryl methyl sites for hydroxylation is 1. The molecule has 0 spiro atoms. The Kier molecular flexibility index (Phi) is 3.50. The van der Waals surface area contributed by atoms with Crippen LogP contribution in [0.2, 0.25) is 0 Å². The Hall–Kier alpha value is -1.32. The summed E-state index contributed by atoms with van der Waals surface area (Å²) in [6, 6.07) is 6.40. The highest BCUT2D eigenvalue weighted by Crippen LogP contribution is 2.26. The first-order valence-electron chi connectivity index (χ1n) is 6.11. The van der Waals surface area contributed by atoms with E-state index in [4.69, 9.17) is 5.73 Å². The number of rotatable bonds is 4. The second-order valence-electron chi connectivity index (χ2n) is 4.69. The van der Waals surface area contributed by atoms with Gasteiger partial charge in [-0.05, 0) is 38.2 Å². The molecule has 3 nitrogen and oxygen atoms in total. The fraction of sp³-hybridized carbons (Fsp3) is 0.429. The van der Waals surface area contributed by atoms with Crippen molar-refractivity contribution >= 4 is 10.9 Å². The summed E-state index contributed by atoms with van der Waals surface area (Å²) in [5.41, 5.74) is 9.75. The normalized spacial score (nSPS) is 11.6. The van der Waals surface area contributed by atoms with Crippen LogP contribution in [0.5, 0.6) is 0 Å². The van der Waals surface area contributed by atoms with Crippen LogP contribution in [0.15, 0.2) is 24.4 Å². The van der Waals surface area contributed by atoms with Gasteiger partial charge in [0.1, 0.15) is 0 Å². The molecule has 0 atom stereocenters. The van der Waals surface area contributed by atoms with Crippen LogP contribution in [-0.4, -0.2) is 23.6 Å². The van der Waals surface area contributed by atoms with Gasteiger partial charge in [0.15, 0.2) is 0 Å². The fourth-order valence-corrected chi connectivity index (χ4v) is 2.41. The van der Waals surface area contributed by atoms with Gasteiger partial charge < -0.3 is 15.2 Å². The molecule has 2 aromatic rings. The number of aromatic nitrogens is 1. The van der Waals surface area contributed by atoms with Gasteiger partial charge in [-0.3, -0.25) is 0 Å². The van der Waals surface area contributed by atoms with Crippen LogP contribution >= 0.6 is 0 Å². The first kappa shape index (κ1) is 12.1. The number of fused-ring (bicyclic) bond motifs is 1. The summed E-state index contributed by atoms with van der Waals surface area (Å²) in [5.74, 6) is 0. The summed E-state index contributed by atoms with van der Waals surface area (Å²) in [5, 5.41) is 1.34. The van der Waals surface area contributed by atoms with Crippen molar-refractivity contribution in [2.75, 3.05) is 14.1 Å².